The quantitative estimate of drug-likeness (QED) is 0.560. The molecule has 112 valence electrons. The SMILES string of the molecule is Fc1cccc(Nc2nc3ccccc3nc2-c2cccs2)c1. The van der Waals surface area contributed by atoms with Crippen LogP contribution < -0.4 is 5.32 Å². The molecule has 4 rings (SSSR count). The monoisotopic (exact) mass is 321 g/mol. The van der Waals surface area contributed by atoms with Crippen LogP contribution in [0.5, 0.6) is 0 Å². The average molecular weight is 321 g/mol. The predicted molar refractivity (Wildman–Crippen MR) is 92.5 cm³/mol. The summed E-state index contributed by atoms with van der Waals surface area (Å²) < 4.78 is 13.4. The lowest BCUT2D eigenvalue weighted by atomic mass is 10.2. The highest BCUT2D eigenvalue weighted by molar-refractivity contribution is 7.13. The number of nitrogens with one attached hydrogen (secondary N) is 1. The summed E-state index contributed by atoms with van der Waals surface area (Å²) in [5.74, 6) is 0.332. The van der Waals surface area contributed by atoms with Gasteiger partial charge < -0.3 is 5.32 Å². The lowest BCUT2D eigenvalue weighted by Gasteiger charge is -2.11. The summed E-state index contributed by atoms with van der Waals surface area (Å²) >= 11 is 1.60. The van der Waals surface area contributed by atoms with E-state index in [-0.39, 0.29) is 5.82 Å². The maximum Gasteiger partial charge on any atom is 0.158 e. The molecule has 0 atom stereocenters. The van der Waals surface area contributed by atoms with Crippen LogP contribution in [0.1, 0.15) is 0 Å². The van der Waals surface area contributed by atoms with Crippen molar-refractivity contribution in [3.63, 3.8) is 0 Å². The Morgan fingerprint density at radius 1 is 0.870 bits per heavy atom. The third-order valence-electron chi connectivity index (χ3n) is 3.41. The van der Waals surface area contributed by atoms with Gasteiger partial charge in [-0.05, 0) is 41.8 Å². The minimum absolute atomic E-state index is 0.290. The Hall–Kier alpha value is -2.79. The highest BCUT2D eigenvalue weighted by atomic mass is 32.1. The summed E-state index contributed by atoms with van der Waals surface area (Å²) in [5, 5.41) is 5.19. The van der Waals surface area contributed by atoms with Gasteiger partial charge in [0.2, 0.25) is 0 Å². The number of nitrogens with zero attached hydrogens (tertiary/aromatic N) is 2. The van der Waals surface area contributed by atoms with Crippen molar-refractivity contribution in [3.8, 4) is 10.6 Å². The van der Waals surface area contributed by atoms with E-state index < -0.39 is 0 Å². The first-order valence-electron chi connectivity index (χ1n) is 7.13. The Morgan fingerprint density at radius 2 is 1.70 bits per heavy atom. The molecule has 0 aliphatic heterocycles. The fourth-order valence-electron chi connectivity index (χ4n) is 2.38. The number of anilines is 2. The second-order valence-corrected chi connectivity index (χ2v) is 5.97. The first-order valence-corrected chi connectivity index (χ1v) is 8.01. The summed E-state index contributed by atoms with van der Waals surface area (Å²) in [7, 11) is 0. The van der Waals surface area contributed by atoms with Gasteiger partial charge in [0.1, 0.15) is 11.5 Å². The van der Waals surface area contributed by atoms with Crippen molar-refractivity contribution in [2.24, 2.45) is 0 Å². The standard InChI is InChI=1S/C18H12FN3S/c19-12-5-3-6-13(11-12)20-18-17(16-9-4-10-23-16)21-14-7-1-2-8-15(14)22-18/h1-11H,(H,20,22). The van der Waals surface area contributed by atoms with Crippen LogP contribution in [0, 0.1) is 5.82 Å². The molecule has 0 radical (unpaired) electrons. The number of aromatic nitrogens is 2. The Labute approximate surface area is 136 Å². The van der Waals surface area contributed by atoms with E-state index in [9.17, 15) is 4.39 Å². The zero-order valence-electron chi connectivity index (χ0n) is 12.0. The van der Waals surface area contributed by atoms with Gasteiger partial charge in [-0.2, -0.15) is 0 Å². The van der Waals surface area contributed by atoms with E-state index >= 15 is 0 Å². The number of benzene rings is 2. The molecule has 0 saturated carbocycles. The molecule has 0 bridgehead atoms. The van der Waals surface area contributed by atoms with E-state index in [0.717, 1.165) is 21.6 Å². The summed E-state index contributed by atoms with van der Waals surface area (Å²) in [6.07, 6.45) is 0. The van der Waals surface area contributed by atoms with Crippen molar-refractivity contribution < 1.29 is 4.39 Å². The van der Waals surface area contributed by atoms with Gasteiger partial charge in [0.25, 0.3) is 0 Å². The minimum Gasteiger partial charge on any atom is -0.338 e. The van der Waals surface area contributed by atoms with Crippen molar-refractivity contribution in [1.82, 2.24) is 9.97 Å². The molecule has 23 heavy (non-hydrogen) atoms. The number of thiophene rings is 1. The molecule has 0 spiro atoms. The number of hydrogen-bond donors (Lipinski definition) is 1. The predicted octanol–water partition coefficient (Wildman–Crippen LogP) is 5.24. The van der Waals surface area contributed by atoms with Gasteiger partial charge in [-0.25, -0.2) is 14.4 Å². The lowest BCUT2D eigenvalue weighted by molar-refractivity contribution is 0.628. The number of halogens is 1. The molecular weight excluding hydrogens is 309 g/mol. The maximum atomic E-state index is 13.4. The Kier molecular flexibility index (Phi) is 3.48. The molecule has 2 aromatic carbocycles. The van der Waals surface area contributed by atoms with Crippen LogP contribution >= 0.6 is 11.3 Å². The lowest BCUT2D eigenvalue weighted by Crippen LogP contribution is -1.99. The van der Waals surface area contributed by atoms with Gasteiger partial charge in [-0.3, -0.25) is 0 Å². The Balaban J connectivity index is 1.87. The fourth-order valence-corrected chi connectivity index (χ4v) is 3.09. The van der Waals surface area contributed by atoms with Gasteiger partial charge >= 0.3 is 0 Å². The van der Waals surface area contributed by atoms with Gasteiger partial charge in [-0.15, -0.1) is 11.3 Å². The van der Waals surface area contributed by atoms with Crippen molar-refractivity contribution in [1.29, 1.82) is 0 Å². The molecule has 0 aliphatic carbocycles. The normalized spacial score (nSPS) is 10.8. The smallest absolute Gasteiger partial charge is 0.158 e. The molecule has 0 amide bonds. The topological polar surface area (TPSA) is 37.8 Å². The largest absolute Gasteiger partial charge is 0.338 e. The molecular formula is C18H12FN3S. The van der Waals surface area contributed by atoms with E-state index in [1.807, 2.05) is 41.8 Å². The molecule has 0 unspecified atom stereocenters. The zero-order chi connectivity index (χ0) is 15.6. The first kappa shape index (κ1) is 13.8. The van der Waals surface area contributed by atoms with Crippen molar-refractivity contribution in [2.75, 3.05) is 5.32 Å². The van der Waals surface area contributed by atoms with Gasteiger partial charge in [0.15, 0.2) is 5.82 Å². The van der Waals surface area contributed by atoms with E-state index in [2.05, 4.69) is 10.3 Å². The Bertz CT molecular complexity index is 967. The van der Waals surface area contributed by atoms with Crippen LogP contribution in [0.2, 0.25) is 0 Å². The second kappa shape index (κ2) is 5.78. The van der Waals surface area contributed by atoms with E-state index in [1.54, 1.807) is 23.5 Å². The highest BCUT2D eigenvalue weighted by Crippen LogP contribution is 2.32. The number of rotatable bonds is 3. The van der Waals surface area contributed by atoms with Crippen molar-refractivity contribution in [3.05, 3.63) is 71.9 Å². The first-order chi connectivity index (χ1) is 11.3. The molecule has 3 nitrogen and oxygen atoms in total. The number of para-hydroxylation sites is 2. The van der Waals surface area contributed by atoms with Crippen LogP contribution in [-0.2, 0) is 0 Å². The summed E-state index contributed by atoms with van der Waals surface area (Å²) in [6.45, 7) is 0. The summed E-state index contributed by atoms with van der Waals surface area (Å²) in [5.41, 5.74) is 3.04. The maximum absolute atomic E-state index is 13.4. The minimum atomic E-state index is -0.290. The van der Waals surface area contributed by atoms with Crippen LogP contribution in [0.3, 0.4) is 0 Å². The van der Waals surface area contributed by atoms with Gasteiger partial charge in [0.05, 0.1) is 15.9 Å². The fraction of sp³-hybridized carbons (Fsp3) is 0. The van der Waals surface area contributed by atoms with Crippen LogP contribution in [-0.4, -0.2) is 9.97 Å². The van der Waals surface area contributed by atoms with E-state index in [4.69, 9.17) is 4.98 Å². The molecule has 5 heteroatoms. The molecule has 2 aromatic heterocycles. The third kappa shape index (κ3) is 2.78. The van der Waals surface area contributed by atoms with Crippen LogP contribution in [0.15, 0.2) is 66.0 Å². The molecule has 1 N–H and O–H groups in total. The summed E-state index contributed by atoms with van der Waals surface area (Å²) in [6, 6.07) is 18.0. The highest BCUT2D eigenvalue weighted by Gasteiger charge is 2.12. The van der Waals surface area contributed by atoms with E-state index in [0.29, 0.717) is 11.5 Å². The average Bonchev–Trinajstić information content (AvgIpc) is 3.08. The third-order valence-corrected chi connectivity index (χ3v) is 4.29. The second-order valence-electron chi connectivity index (χ2n) is 5.02. The molecule has 4 aromatic rings. The Morgan fingerprint density at radius 3 is 2.43 bits per heavy atom. The summed E-state index contributed by atoms with van der Waals surface area (Å²) in [4.78, 5) is 10.4. The van der Waals surface area contributed by atoms with Gasteiger partial charge in [0, 0.05) is 5.69 Å². The molecule has 0 saturated heterocycles. The van der Waals surface area contributed by atoms with Gasteiger partial charge in [-0.1, -0.05) is 24.3 Å². The molecule has 2 heterocycles. The molecule has 0 aliphatic rings. The number of hydrogen-bond acceptors (Lipinski definition) is 4. The van der Waals surface area contributed by atoms with Crippen molar-refractivity contribution >= 4 is 33.9 Å². The van der Waals surface area contributed by atoms with E-state index in [1.165, 1.54) is 12.1 Å². The van der Waals surface area contributed by atoms with Crippen molar-refractivity contribution in [2.45, 2.75) is 0 Å². The number of fused-ring (bicyclic) bond motifs is 1. The van der Waals surface area contributed by atoms with Crippen LogP contribution in [0.4, 0.5) is 15.9 Å². The zero-order valence-corrected chi connectivity index (χ0v) is 12.8. The van der Waals surface area contributed by atoms with Crippen LogP contribution in [0.25, 0.3) is 21.6 Å². The molecule has 0 fully saturated rings.